The lowest BCUT2D eigenvalue weighted by Crippen LogP contribution is -2.47. The van der Waals surface area contributed by atoms with Crippen molar-refractivity contribution in [2.24, 2.45) is 0 Å². The van der Waals surface area contributed by atoms with E-state index in [1.54, 1.807) is 0 Å². The molecule has 0 spiro atoms. The topological polar surface area (TPSA) is 18.5 Å². The Morgan fingerprint density at radius 3 is 1.94 bits per heavy atom. The summed E-state index contributed by atoms with van der Waals surface area (Å²) in [5, 5.41) is 0. The van der Waals surface area contributed by atoms with Gasteiger partial charge in [-0.25, -0.2) is 0 Å². The van der Waals surface area contributed by atoms with Crippen LogP contribution in [-0.2, 0) is 8.85 Å². The van der Waals surface area contributed by atoms with Crippen molar-refractivity contribution in [3.63, 3.8) is 0 Å². The van der Waals surface area contributed by atoms with E-state index in [0.29, 0.717) is 0 Å². The van der Waals surface area contributed by atoms with Gasteiger partial charge in [-0.15, -0.1) is 0 Å². The molecule has 1 saturated carbocycles. The average Bonchev–Trinajstić information content (AvgIpc) is 2.31. The van der Waals surface area contributed by atoms with E-state index in [2.05, 4.69) is 20.8 Å². The van der Waals surface area contributed by atoms with Gasteiger partial charge in [-0.2, -0.15) is 0 Å². The molecule has 0 atom stereocenters. The zero-order valence-electron chi connectivity index (χ0n) is 11.3. The molecule has 1 aliphatic rings. The van der Waals surface area contributed by atoms with Gasteiger partial charge in [-0.1, -0.05) is 32.6 Å². The highest BCUT2D eigenvalue weighted by atomic mass is 28.4. The van der Waals surface area contributed by atoms with Crippen LogP contribution in [0.2, 0.25) is 11.6 Å². The van der Waals surface area contributed by atoms with Crippen LogP contribution in [0.1, 0.15) is 59.3 Å². The van der Waals surface area contributed by atoms with Crippen molar-refractivity contribution in [3.05, 3.63) is 0 Å². The molecular weight excluding hydrogens is 216 g/mol. The van der Waals surface area contributed by atoms with Gasteiger partial charge in [0.25, 0.3) is 0 Å². The summed E-state index contributed by atoms with van der Waals surface area (Å²) in [6.45, 7) is 8.12. The Hall–Kier alpha value is 0.137. The molecule has 1 fully saturated rings. The van der Waals surface area contributed by atoms with Crippen molar-refractivity contribution in [3.8, 4) is 0 Å². The van der Waals surface area contributed by atoms with Gasteiger partial charge in [0.15, 0.2) is 0 Å². The summed E-state index contributed by atoms with van der Waals surface area (Å²) in [7, 11) is -1.89. The smallest absolute Gasteiger partial charge is 0.341 e. The first-order valence-corrected chi connectivity index (χ1v) is 9.17. The first-order chi connectivity index (χ1) is 7.79. The fourth-order valence-electron chi connectivity index (χ4n) is 3.01. The Morgan fingerprint density at radius 2 is 1.50 bits per heavy atom. The minimum atomic E-state index is -1.89. The summed E-state index contributed by atoms with van der Waals surface area (Å²) in [5.74, 6) is 0. The highest BCUT2D eigenvalue weighted by Crippen LogP contribution is 2.40. The molecule has 2 nitrogen and oxygen atoms in total. The van der Waals surface area contributed by atoms with E-state index in [0.717, 1.165) is 18.8 Å². The van der Waals surface area contributed by atoms with E-state index in [4.69, 9.17) is 8.85 Å². The molecule has 3 heteroatoms. The second-order valence-corrected chi connectivity index (χ2v) is 8.28. The zero-order valence-corrected chi connectivity index (χ0v) is 12.3. The molecular formula is C13H28O2Si. The molecule has 1 rings (SSSR count). The second kappa shape index (κ2) is 7.46. The molecule has 0 aromatic rings. The summed E-state index contributed by atoms with van der Waals surface area (Å²) in [5.41, 5.74) is 0.751. The van der Waals surface area contributed by atoms with Crippen LogP contribution in [0, 0.1) is 0 Å². The van der Waals surface area contributed by atoms with Crippen LogP contribution in [0.25, 0.3) is 0 Å². The van der Waals surface area contributed by atoms with E-state index in [1.807, 2.05) is 0 Å². The Balaban J connectivity index is 2.70. The summed E-state index contributed by atoms with van der Waals surface area (Å²) >= 11 is 0. The van der Waals surface area contributed by atoms with Crippen molar-refractivity contribution in [2.45, 2.75) is 70.9 Å². The largest absolute Gasteiger partial charge is 0.394 e. The van der Waals surface area contributed by atoms with Crippen molar-refractivity contribution in [2.75, 3.05) is 13.2 Å². The molecule has 0 amide bonds. The molecule has 0 saturated heterocycles. The van der Waals surface area contributed by atoms with Crippen LogP contribution in [0.4, 0.5) is 0 Å². The van der Waals surface area contributed by atoms with E-state index < -0.39 is 8.56 Å². The SMILES string of the molecule is CCC[Si](OCC)(OCC)C1CCCCC1. The molecule has 0 aromatic carbocycles. The standard InChI is InChI=1S/C13H28O2Si/c1-4-12-16(14-5-2,15-6-3)13-10-8-7-9-11-13/h13H,4-12H2,1-3H3. The van der Waals surface area contributed by atoms with Gasteiger partial charge in [0.05, 0.1) is 0 Å². The van der Waals surface area contributed by atoms with Crippen LogP contribution in [-0.4, -0.2) is 21.8 Å². The van der Waals surface area contributed by atoms with Crippen molar-refractivity contribution in [1.82, 2.24) is 0 Å². The number of rotatable bonds is 7. The van der Waals surface area contributed by atoms with Gasteiger partial charge in [0.1, 0.15) is 0 Å². The molecule has 96 valence electrons. The third kappa shape index (κ3) is 3.57. The van der Waals surface area contributed by atoms with Crippen LogP contribution in [0.3, 0.4) is 0 Å². The molecule has 0 N–H and O–H groups in total. The predicted molar refractivity (Wildman–Crippen MR) is 70.9 cm³/mol. The van der Waals surface area contributed by atoms with Crippen LogP contribution >= 0.6 is 0 Å². The maximum atomic E-state index is 6.17. The number of hydrogen-bond donors (Lipinski definition) is 0. The fraction of sp³-hybridized carbons (Fsp3) is 1.00. The third-order valence-corrected chi connectivity index (χ3v) is 8.18. The normalized spacial score (nSPS) is 18.9. The highest BCUT2D eigenvalue weighted by molar-refractivity contribution is 6.69. The second-order valence-electron chi connectivity index (χ2n) is 4.76. The van der Waals surface area contributed by atoms with Gasteiger partial charge >= 0.3 is 8.56 Å². The molecule has 1 aliphatic carbocycles. The Morgan fingerprint density at radius 1 is 0.938 bits per heavy atom. The maximum absolute atomic E-state index is 6.17. The van der Waals surface area contributed by atoms with E-state index in [9.17, 15) is 0 Å². The van der Waals surface area contributed by atoms with Crippen LogP contribution in [0.15, 0.2) is 0 Å². The van der Waals surface area contributed by atoms with Crippen LogP contribution in [0.5, 0.6) is 0 Å². The molecule has 0 heterocycles. The third-order valence-electron chi connectivity index (χ3n) is 3.60. The van der Waals surface area contributed by atoms with Gasteiger partial charge in [0, 0.05) is 18.8 Å². The quantitative estimate of drug-likeness (QED) is 0.623. The van der Waals surface area contributed by atoms with Gasteiger partial charge in [-0.05, 0) is 32.7 Å². The lowest BCUT2D eigenvalue weighted by Gasteiger charge is -2.38. The summed E-state index contributed by atoms with van der Waals surface area (Å²) in [6, 6.07) is 1.18. The summed E-state index contributed by atoms with van der Waals surface area (Å²) in [6.07, 6.45) is 8.04. The van der Waals surface area contributed by atoms with Gasteiger partial charge in [0.2, 0.25) is 0 Å². The van der Waals surface area contributed by atoms with Crippen LogP contribution < -0.4 is 0 Å². The molecule has 0 aromatic heterocycles. The zero-order chi connectivity index (χ0) is 11.9. The minimum Gasteiger partial charge on any atom is -0.394 e. The molecule has 16 heavy (non-hydrogen) atoms. The van der Waals surface area contributed by atoms with Crippen molar-refractivity contribution < 1.29 is 8.85 Å². The lowest BCUT2D eigenvalue weighted by molar-refractivity contribution is 0.163. The Labute approximate surface area is 102 Å². The number of hydrogen-bond acceptors (Lipinski definition) is 2. The lowest BCUT2D eigenvalue weighted by atomic mass is 10.0. The van der Waals surface area contributed by atoms with Gasteiger partial charge in [-0.3, -0.25) is 0 Å². The highest BCUT2D eigenvalue weighted by Gasteiger charge is 2.44. The first kappa shape index (κ1) is 14.2. The van der Waals surface area contributed by atoms with E-state index in [-0.39, 0.29) is 0 Å². The monoisotopic (exact) mass is 244 g/mol. The minimum absolute atomic E-state index is 0.751. The molecule has 0 radical (unpaired) electrons. The fourth-order valence-corrected chi connectivity index (χ4v) is 7.22. The van der Waals surface area contributed by atoms with Crippen molar-refractivity contribution in [1.29, 1.82) is 0 Å². The predicted octanol–water partition coefficient (Wildman–Crippen LogP) is 4.25. The Bertz CT molecular complexity index is 162. The first-order valence-electron chi connectivity index (χ1n) is 7.07. The maximum Gasteiger partial charge on any atom is 0.341 e. The summed E-state index contributed by atoms with van der Waals surface area (Å²) < 4.78 is 12.3. The van der Waals surface area contributed by atoms with Gasteiger partial charge < -0.3 is 8.85 Å². The molecule has 0 bridgehead atoms. The summed E-state index contributed by atoms with van der Waals surface area (Å²) in [4.78, 5) is 0. The molecule has 0 aliphatic heterocycles. The van der Waals surface area contributed by atoms with E-state index >= 15 is 0 Å². The van der Waals surface area contributed by atoms with Crippen molar-refractivity contribution >= 4 is 8.56 Å². The average molecular weight is 244 g/mol. The Kier molecular flexibility index (Phi) is 6.62. The molecule has 0 unspecified atom stereocenters. The van der Waals surface area contributed by atoms with E-state index in [1.165, 1.54) is 44.6 Å².